The number of halogens is 1. The molecule has 3 fully saturated rings. The highest BCUT2D eigenvalue weighted by atomic mass is 79.9. The van der Waals surface area contributed by atoms with Crippen molar-refractivity contribution < 1.29 is 61.9 Å². The van der Waals surface area contributed by atoms with Crippen LogP contribution in [-0.4, -0.2) is 161 Å². The Bertz CT molecular complexity index is 3030. The summed E-state index contributed by atoms with van der Waals surface area (Å²) in [6, 6.07) is 35.4. The first-order valence-electron chi connectivity index (χ1n) is 24.8. The monoisotopic (exact) mass is 1160 g/mol. The number of rotatable bonds is 19. The molecule has 80 heavy (non-hydrogen) atoms. The van der Waals surface area contributed by atoms with Gasteiger partial charge in [-0.25, -0.2) is 4.85 Å². The molecule has 8 rings (SSSR count). The Morgan fingerprint density at radius 2 is 0.875 bits per heavy atom. The Hall–Kier alpha value is -9.53. The Morgan fingerprint density at radius 3 is 1.30 bits per heavy atom. The van der Waals surface area contributed by atoms with Crippen molar-refractivity contribution in [1.82, 2.24) is 30.2 Å². The lowest BCUT2D eigenvalue weighted by Gasteiger charge is -2.34. The summed E-state index contributed by atoms with van der Waals surface area (Å²) < 4.78 is 37.3. The number of hydrogen-bond acceptors (Lipinski definition) is 15. The highest BCUT2D eigenvalue weighted by molar-refractivity contribution is 9.09. The minimum Gasteiger partial charge on any atom is -0.497 e. The van der Waals surface area contributed by atoms with Crippen LogP contribution in [0.4, 0.5) is 5.69 Å². The molecule has 5 aromatic rings. The summed E-state index contributed by atoms with van der Waals surface area (Å²) in [5, 5.41) is 23.3. The Morgan fingerprint density at radius 1 is 0.500 bits per heavy atom. The molecule has 0 unspecified atom stereocenters. The van der Waals surface area contributed by atoms with E-state index in [1.807, 2.05) is 24.3 Å². The summed E-state index contributed by atoms with van der Waals surface area (Å²) in [4.78, 5) is 79.9. The summed E-state index contributed by atoms with van der Waals surface area (Å²) in [5.41, 5.74) is 3.40. The first-order valence-corrected chi connectivity index (χ1v) is 26.0. The molecule has 3 aliphatic heterocycles. The normalized spacial score (nSPS) is 13.6. The number of nitrogens with one attached hydrogen (secondary N) is 2. The molecule has 418 valence electrons. The predicted molar refractivity (Wildman–Crippen MR) is 294 cm³/mol. The highest BCUT2D eigenvalue weighted by Crippen LogP contribution is 2.28. The average Bonchev–Trinajstić information content (AvgIpc) is 3.51. The number of carbonyl (C=O) groups is 6. The van der Waals surface area contributed by atoms with Gasteiger partial charge in [-0.15, -0.1) is 0 Å². The number of ether oxygens (including phenoxy) is 7. The topological polar surface area (TPSA) is 256 Å². The van der Waals surface area contributed by atoms with E-state index in [0.717, 1.165) is 22.2 Å². The first kappa shape index (κ1) is 61.3. The Balaban J connectivity index is 0.000000206. The molecule has 23 heteroatoms. The van der Waals surface area contributed by atoms with Crippen LogP contribution >= 0.6 is 15.9 Å². The van der Waals surface area contributed by atoms with E-state index in [0.29, 0.717) is 123 Å². The van der Waals surface area contributed by atoms with Crippen LogP contribution in [0.5, 0.6) is 40.2 Å². The number of nitriles is 2. The number of piperazine rings is 3. The lowest BCUT2D eigenvalue weighted by Crippen LogP contribution is -2.54. The van der Waals surface area contributed by atoms with Crippen molar-refractivity contribution in [2.45, 2.75) is 13.1 Å². The number of alkyl halides is 1. The maximum Gasteiger partial charge on any atom is 0.312 e. The minimum absolute atomic E-state index is 0.261. The van der Waals surface area contributed by atoms with Crippen LogP contribution in [-0.2, 0) is 41.9 Å². The van der Waals surface area contributed by atoms with Gasteiger partial charge in [-0.2, -0.15) is 10.5 Å². The number of carbonyl (C=O) groups excluding carboxylic acids is 6. The number of methoxy groups -OCH3 is 4. The molecule has 22 nitrogen and oxygen atoms in total. The van der Waals surface area contributed by atoms with E-state index < -0.39 is 35.4 Å². The van der Waals surface area contributed by atoms with Gasteiger partial charge in [0.1, 0.15) is 53.5 Å². The highest BCUT2D eigenvalue weighted by Gasteiger charge is 2.33. The van der Waals surface area contributed by atoms with Crippen molar-refractivity contribution in [1.29, 1.82) is 10.5 Å². The van der Waals surface area contributed by atoms with Crippen molar-refractivity contribution in [3.63, 3.8) is 0 Å². The van der Waals surface area contributed by atoms with Gasteiger partial charge in [0.05, 0.1) is 78.0 Å². The SMILES string of the molecule is COc1ccc(CN2CCN(CCOc3ccc(C#N)cc3)C(=O)C2=O)c(OC)c1.COc1ccc(CN2CCNC(=O)C2=O)c(OC)c1.N#Cc1ccc(OCCN2CCNC(=O)C2=O)cc1.[C-]#[N+]c1ccc(OCCBr)cc1. The zero-order chi connectivity index (χ0) is 57.8. The fraction of sp³-hybridized carbons (Fsp3) is 0.316. The van der Waals surface area contributed by atoms with Gasteiger partial charge in [-0.1, -0.05) is 28.1 Å². The van der Waals surface area contributed by atoms with Crippen LogP contribution < -0.4 is 43.8 Å². The average molecular weight is 1160 g/mol. The molecule has 3 aliphatic rings. The molecular formula is C57H60BrN9O13. The minimum atomic E-state index is -0.565. The molecule has 0 radical (unpaired) electrons. The summed E-state index contributed by atoms with van der Waals surface area (Å²) in [6.07, 6.45) is 0. The standard InChI is InChI=1S/C22H23N3O5.C13H13N3O3.C13H16N2O4.C9H8BrNO/c1-28-19-8-5-17(20(13-19)29-2)15-25-10-9-24(21(26)22(25)27)11-12-30-18-6-3-16(14-23)4-7-18;14-9-10-1-3-11(4-2-10)19-8-7-16-6-5-15-12(17)13(16)18;1-18-10-4-3-9(11(7-10)19-2)8-15-6-5-14-12(16)13(15)17;1-11-8-2-4-9(5-3-8)12-7-6-10/h3-8,13H,9-12,15H2,1-2H3;1-4H,5-8H2,(H,15,17);3-4,7H,5-6,8H2,1-2H3,(H,14,16);2-5H,6-7H2. The van der Waals surface area contributed by atoms with E-state index in [1.54, 1.807) is 126 Å². The predicted octanol–water partition coefficient (Wildman–Crippen LogP) is 4.89. The fourth-order valence-corrected chi connectivity index (χ4v) is 7.80. The van der Waals surface area contributed by atoms with Crippen LogP contribution in [0.2, 0.25) is 0 Å². The van der Waals surface area contributed by atoms with Crippen molar-refractivity contribution in [2.75, 3.05) is 106 Å². The van der Waals surface area contributed by atoms with Gasteiger partial charge >= 0.3 is 35.4 Å². The number of hydrogen-bond donors (Lipinski definition) is 2. The lowest BCUT2D eigenvalue weighted by molar-refractivity contribution is -0.156. The van der Waals surface area contributed by atoms with Gasteiger partial charge in [0.15, 0.2) is 5.69 Å². The molecule has 5 aromatic carbocycles. The second kappa shape index (κ2) is 32.3. The van der Waals surface area contributed by atoms with Gasteiger partial charge in [0.25, 0.3) is 0 Å². The Kier molecular flexibility index (Phi) is 24.7. The van der Waals surface area contributed by atoms with Crippen molar-refractivity contribution in [2.24, 2.45) is 0 Å². The summed E-state index contributed by atoms with van der Waals surface area (Å²) >= 11 is 3.26. The van der Waals surface area contributed by atoms with E-state index in [1.165, 1.54) is 19.6 Å². The molecule has 0 aliphatic carbocycles. The molecule has 3 heterocycles. The first-order chi connectivity index (χ1) is 38.8. The third-order valence-electron chi connectivity index (χ3n) is 11.9. The van der Waals surface area contributed by atoms with Gasteiger partial charge in [-0.05, 0) is 84.9 Å². The van der Waals surface area contributed by atoms with Crippen LogP contribution in [0, 0.1) is 29.2 Å². The quantitative estimate of drug-likeness (QED) is 0.0634. The fourth-order valence-electron chi connectivity index (χ4n) is 7.64. The summed E-state index contributed by atoms with van der Waals surface area (Å²) in [5.74, 6) is 1.39. The van der Waals surface area contributed by atoms with Crippen molar-refractivity contribution in [3.8, 4) is 52.4 Å². The second-order valence-electron chi connectivity index (χ2n) is 17.0. The molecule has 0 saturated carbocycles. The van der Waals surface area contributed by atoms with Gasteiger partial charge in [-0.3, -0.25) is 28.8 Å². The zero-order valence-corrected chi connectivity index (χ0v) is 46.2. The second-order valence-corrected chi connectivity index (χ2v) is 17.8. The van der Waals surface area contributed by atoms with Gasteiger partial charge < -0.3 is 63.4 Å². The van der Waals surface area contributed by atoms with Crippen molar-refractivity contribution in [3.05, 3.63) is 143 Å². The maximum absolute atomic E-state index is 12.6. The zero-order valence-electron chi connectivity index (χ0n) is 44.6. The molecule has 0 spiro atoms. The van der Waals surface area contributed by atoms with E-state index in [4.69, 9.17) is 50.3 Å². The van der Waals surface area contributed by atoms with E-state index in [9.17, 15) is 28.8 Å². The van der Waals surface area contributed by atoms with Crippen LogP contribution in [0.3, 0.4) is 0 Å². The van der Waals surface area contributed by atoms with Crippen LogP contribution in [0.25, 0.3) is 4.85 Å². The van der Waals surface area contributed by atoms with E-state index in [2.05, 4.69) is 31.4 Å². The lowest BCUT2D eigenvalue weighted by atomic mass is 10.1. The molecule has 0 bridgehead atoms. The molecule has 0 aromatic heterocycles. The van der Waals surface area contributed by atoms with Crippen molar-refractivity contribution >= 4 is 57.1 Å². The number of amides is 6. The third-order valence-corrected chi connectivity index (χ3v) is 12.3. The molecular weight excluding hydrogens is 1100 g/mol. The van der Waals surface area contributed by atoms with Crippen LogP contribution in [0.1, 0.15) is 22.3 Å². The molecule has 3 saturated heterocycles. The van der Waals surface area contributed by atoms with Crippen LogP contribution in [0.15, 0.2) is 109 Å². The van der Waals surface area contributed by atoms with E-state index in [-0.39, 0.29) is 13.2 Å². The number of benzene rings is 5. The smallest absolute Gasteiger partial charge is 0.312 e. The molecule has 0 atom stereocenters. The largest absolute Gasteiger partial charge is 0.497 e. The summed E-state index contributed by atoms with van der Waals surface area (Å²) in [7, 11) is 6.26. The third kappa shape index (κ3) is 18.6. The van der Waals surface area contributed by atoms with E-state index >= 15 is 0 Å². The maximum atomic E-state index is 12.6. The molecule has 6 amide bonds. The van der Waals surface area contributed by atoms with Gasteiger partial charge in [0.2, 0.25) is 0 Å². The number of nitrogens with zero attached hydrogens (tertiary/aromatic N) is 7. The molecule has 2 N–H and O–H groups in total. The summed E-state index contributed by atoms with van der Waals surface area (Å²) in [6.45, 7) is 12.1. The Labute approximate surface area is 472 Å². The van der Waals surface area contributed by atoms with Gasteiger partial charge in [0, 0.05) is 80.9 Å².